The molecule has 0 radical (unpaired) electrons. The second-order valence-electron chi connectivity index (χ2n) is 7.86. The summed E-state index contributed by atoms with van der Waals surface area (Å²) < 4.78 is 17.6. The van der Waals surface area contributed by atoms with E-state index in [9.17, 15) is 9.59 Å². The summed E-state index contributed by atoms with van der Waals surface area (Å²) >= 11 is 6.06. The van der Waals surface area contributed by atoms with Gasteiger partial charge in [0.15, 0.2) is 0 Å². The van der Waals surface area contributed by atoms with Crippen molar-refractivity contribution >= 4 is 45.8 Å². The van der Waals surface area contributed by atoms with Crippen molar-refractivity contribution in [2.24, 2.45) is 0 Å². The molecule has 4 aromatic rings. The molecule has 0 unspecified atom stereocenters. The monoisotopic (exact) mass is 492 g/mol. The third-order valence-electron chi connectivity index (χ3n) is 5.35. The van der Waals surface area contributed by atoms with Crippen molar-refractivity contribution in [3.05, 3.63) is 89.1 Å². The average molecular weight is 493 g/mol. The molecule has 0 bridgehead atoms. The molecule has 0 saturated heterocycles. The first-order valence-corrected chi connectivity index (χ1v) is 11.4. The molecular formula is C27H25ClN2O5. The number of fused-ring (bicyclic) bond motifs is 1. The number of nitrogens with zero attached hydrogens (tertiary/aromatic N) is 1. The molecule has 1 heterocycles. The van der Waals surface area contributed by atoms with Crippen molar-refractivity contribution < 1.29 is 23.8 Å². The van der Waals surface area contributed by atoms with E-state index < -0.39 is 5.97 Å². The van der Waals surface area contributed by atoms with Crippen LogP contribution in [0, 0.1) is 0 Å². The largest absolute Gasteiger partial charge is 0.490 e. The van der Waals surface area contributed by atoms with E-state index >= 15 is 0 Å². The van der Waals surface area contributed by atoms with E-state index in [1.165, 1.54) is 14.0 Å². The minimum atomic E-state index is -0.459. The third kappa shape index (κ3) is 6.13. The first-order chi connectivity index (χ1) is 16.9. The Balaban J connectivity index is 1.48. The van der Waals surface area contributed by atoms with E-state index in [-0.39, 0.29) is 12.6 Å². The highest BCUT2D eigenvalue weighted by Gasteiger charge is 2.13. The Morgan fingerprint density at radius 3 is 2.66 bits per heavy atom. The summed E-state index contributed by atoms with van der Waals surface area (Å²) in [5, 5.41) is 4.80. The number of hydrogen-bond donors (Lipinski definition) is 1. The quantitative estimate of drug-likeness (QED) is 0.234. The van der Waals surface area contributed by atoms with E-state index in [0.717, 1.165) is 27.9 Å². The molecule has 4 rings (SSSR count). The van der Waals surface area contributed by atoms with Gasteiger partial charge in [-0.15, -0.1) is 0 Å². The molecule has 0 aliphatic carbocycles. The van der Waals surface area contributed by atoms with Crippen LogP contribution in [0.1, 0.15) is 22.8 Å². The molecule has 0 aliphatic heterocycles. The lowest BCUT2D eigenvalue weighted by Gasteiger charge is -2.12. The van der Waals surface area contributed by atoms with Crippen molar-refractivity contribution in [3.63, 3.8) is 0 Å². The molecule has 0 saturated carbocycles. The highest BCUT2D eigenvalue weighted by atomic mass is 35.5. The van der Waals surface area contributed by atoms with Crippen molar-refractivity contribution in [1.82, 2.24) is 4.57 Å². The average Bonchev–Trinajstić information content (AvgIpc) is 3.24. The van der Waals surface area contributed by atoms with Gasteiger partial charge in [0, 0.05) is 41.3 Å². The maximum absolute atomic E-state index is 12.1. The lowest BCUT2D eigenvalue weighted by atomic mass is 10.1. The third-order valence-corrected chi connectivity index (χ3v) is 5.58. The van der Waals surface area contributed by atoms with Gasteiger partial charge in [-0.3, -0.25) is 4.79 Å². The van der Waals surface area contributed by atoms with Gasteiger partial charge in [-0.05, 0) is 60.2 Å². The zero-order chi connectivity index (χ0) is 24.8. The van der Waals surface area contributed by atoms with Gasteiger partial charge < -0.3 is 24.1 Å². The smallest absolute Gasteiger partial charge is 0.340 e. The fourth-order valence-corrected chi connectivity index (χ4v) is 3.92. The Morgan fingerprint density at radius 1 is 1.00 bits per heavy atom. The van der Waals surface area contributed by atoms with Crippen LogP contribution >= 0.6 is 11.6 Å². The predicted octanol–water partition coefficient (Wildman–Crippen LogP) is 5.82. The van der Waals surface area contributed by atoms with Crippen LogP contribution in [0.15, 0.2) is 72.9 Å². The van der Waals surface area contributed by atoms with E-state index in [1.54, 1.807) is 18.2 Å². The normalized spacial score (nSPS) is 10.7. The molecular weight excluding hydrogens is 468 g/mol. The predicted molar refractivity (Wildman–Crippen MR) is 136 cm³/mol. The molecule has 35 heavy (non-hydrogen) atoms. The van der Waals surface area contributed by atoms with Crippen LogP contribution in [0.2, 0.25) is 5.02 Å². The molecule has 0 fully saturated rings. The van der Waals surface area contributed by atoms with E-state index in [4.69, 9.17) is 25.8 Å². The number of rotatable bonds is 9. The first-order valence-electron chi connectivity index (χ1n) is 11.0. The minimum absolute atomic E-state index is 0.218. The second kappa shape index (κ2) is 11.0. The molecule has 1 N–H and O–H groups in total. The van der Waals surface area contributed by atoms with Gasteiger partial charge in [0.1, 0.15) is 19.0 Å². The number of aromatic nitrogens is 1. The van der Waals surface area contributed by atoms with Gasteiger partial charge >= 0.3 is 11.9 Å². The van der Waals surface area contributed by atoms with E-state index in [1.807, 2.05) is 54.7 Å². The summed E-state index contributed by atoms with van der Waals surface area (Å²) in [6.07, 6.45) is 2.03. The van der Waals surface area contributed by atoms with Gasteiger partial charge in [0.25, 0.3) is 0 Å². The van der Waals surface area contributed by atoms with Gasteiger partial charge in [0.2, 0.25) is 0 Å². The Hall–Kier alpha value is -3.97. The summed E-state index contributed by atoms with van der Waals surface area (Å²) in [6.45, 7) is 2.56. The summed E-state index contributed by atoms with van der Waals surface area (Å²) in [4.78, 5) is 23.0. The fourth-order valence-electron chi connectivity index (χ4n) is 3.75. The number of carbonyl (C=O) groups excluding carboxylic acids is 2. The van der Waals surface area contributed by atoms with Crippen molar-refractivity contribution in [3.8, 4) is 5.75 Å². The number of ether oxygens (including phenoxy) is 3. The molecule has 180 valence electrons. The maximum Gasteiger partial charge on any atom is 0.340 e. The van der Waals surface area contributed by atoms with Crippen LogP contribution in [0.4, 0.5) is 11.4 Å². The minimum Gasteiger partial charge on any atom is -0.490 e. The number of methoxy groups -OCH3 is 1. The van der Waals surface area contributed by atoms with Crippen LogP contribution in [0.5, 0.6) is 5.75 Å². The number of halogens is 1. The van der Waals surface area contributed by atoms with Crippen molar-refractivity contribution in [1.29, 1.82) is 0 Å². The highest BCUT2D eigenvalue weighted by Crippen LogP contribution is 2.28. The number of nitrogens with one attached hydrogen (secondary N) is 1. The van der Waals surface area contributed by atoms with Crippen LogP contribution < -0.4 is 10.1 Å². The van der Waals surface area contributed by atoms with Crippen molar-refractivity contribution in [2.45, 2.75) is 13.5 Å². The molecule has 1 aromatic heterocycles. The van der Waals surface area contributed by atoms with E-state index in [0.29, 0.717) is 29.4 Å². The van der Waals surface area contributed by atoms with Gasteiger partial charge in [0.05, 0.1) is 18.4 Å². The molecule has 3 aromatic carbocycles. The van der Waals surface area contributed by atoms with Gasteiger partial charge in [-0.2, -0.15) is 0 Å². The Labute approximate surface area is 208 Å². The van der Waals surface area contributed by atoms with Crippen molar-refractivity contribution in [2.75, 3.05) is 25.6 Å². The summed E-state index contributed by atoms with van der Waals surface area (Å²) in [6, 6.07) is 21.0. The first kappa shape index (κ1) is 24.2. The van der Waals surface area contributed by atoms with Crippen LogP contribution in [-0.4, -0.2) is 36.8 Å². The fraction of sp³-hybridized carbons (Fsp3) is 0.185. The second-order valence-corrected chi connectivity index (χ2v) is 8.30. The number of hydrogen-bond acceptors (Lipinski definition) is 6. The number of esters is 2. The lowest BCUT2D eigenvalue weighted by molar-refractivity contribution is -0.141. The summed E-state index contributed by atoms with van der Waals surface area (Å²) in [5.41, 5.74) is 3.98. The standard InChI is InChI=1S/C27H25ClN2O5/c1-18(31)34-12-13-35-23-5-3-4-19(14-23)17-30-11-10-20-15-22(7-9-26(20)30)29-25-8-6-21(28)16-24(25)27(32)33-2/h3-11,14-16,29H,12-13,17H2,1-2H3. The molecule has 8 heteroatoms. The van der Waals surface area contributed by atoms with Crippen LogP contribution in [-0.2, 0) is 20.8 Å². The van der Waals surface area contributed by atoms with Gasteiger partial charge in [-0.25, -0.2) is 4.79 Å². The topological polar surface area (TPSA) is 78.8 Å². The number of anilines is 2. The van der Waals surface area contributed by atoms with Crippen LogP contribution in [0.25, 0.3) is 10.9 Å². The Kier molecular flexibility index (Phi) is 7.57. The molecule has 0 spiro atoms. The highest BCUT2D eigenvalue weighted by molar-refractivity contribution is 6.31. The zero-order valence-electron chi connectivity index (χ0n) is 19.4. The van der Waals surface area contributed by atoms with E-state index in [2.05, 4.69) is 9.88 Å². The van der Waals surface area contributed by atoms with Crippen LogP contribution in [0.3, 0.4) is 0 Å². The molecule has 0 amide bonds. The Bertz CT molecular complexity index is 1360. The summed E-state index contributed by atoms with van der Waals surface area (Å²) in [5.74, 6) is -0.0564. The molecule has 7 nitrogen and oxygen atoms in total. The van der Waals surface area contributed by atoms with Gasteiger partial charge in [-0.1, -0.05) is 23.7 Å². The lowest BCUT2D eigenvalue weighted by Crippen LogP contribution is -2.09. The SMILES string of the molecule is COC(=O)c1cc(Cl)ccc1Nc1ccc2c(ccn2Cc2cccc(OCCOC(C)=O)c2)c1. The summed E-state index contributed by atoms with van der Waals surface area (Å²) in [7, 11) is 1.34. The zero-order valence-corrected chi connectivity index (χ0v) is 20.2. The number of carbonyl (C=O) groups is 2. The molecule has 0 atom stereocenters. The maximum atomic E-state index is 12.1. The Morgan fingerprint density at radius 2 is 1.86 bits per heavy atom. The molecule has 0 aliphatic rings. The number of benzene rings is 3.